The van der Waals surface area contributed by atoms with Gasteiger partial charge in [-0.3, -0.25) is 0 Å². The lowest BCUT2D eigenvalue weighted by Gasteiger charge is -2.29. The van der Waals surface area contributed by atoms with Gasteiger partial charge >= 0.3 is 0 Å². The van der Waals surface area contributed by atoms with E-state index in [1.807, 2.05) is 50.2 Å². The first-order valence-electron chi connectivity index (χ1n) is 6.62. The van der Waals surface area contributed by atoms with Gasteiger partial charge in [0.25, 0.3) is 0 Å². The van der Waals surface area contributed by atoms with E-state index in [-0.39, 0.29) is 5.82 Å². The first-order valence-corrected chi connectivity index (χ1v) is 6.62. The molecule has 0 spiro atoms. The number of rotatable bonds is 4. The lowest BCUT2D eigenvalue weighted by molar-refractivity contribution is 0.0698. The molecular formula is C17H19FO. The second kappa shape index (κ2) is 5.54. The fourth-order valence-corrected chi connectivity index (χ4v) is 2.51. The minimum absolute atomic E-state index is 0.305. The minimum atomic E-state index is -1.12. The van der Waals surface area contributed by atoms with Crippen LogP contribution < -0.4 is 0 Å². The predicted molar refractivity (Wildman–Crippen MR) is 75.5 cm³/mol. The highest BCUT2D eigenvalue weighted by Gasteiger charge is 2.30. The average molecular weight is 258 g/mol. The van der Waals surface area contributed by atoms with E-state index < -0.39 is 5.60 Å². The summed E-state index contributed by atoms with van der Waals surface area (Å²) in [7, 11) is 0. The van der Waals surface area contributed by atoms with E-state index in [0.29, 0.717) is 12.0 Å². The van der Waals surface area contributed by atoms with Crippen LogP contribution in [0.2, 0.25) is 0 Å². The summed E-state index contributed by atoms with van der Waals surface area (Å²) in [5.41, 5.74) is 1.13. The number of aryl methyl sites for hydroxylation is 1. The van der Waals surface area contributed by atoms with E-state index in [1.54, 1.807) is 0 Å². The Kier molecular flexibility index (Phi) is 4.01. The smallest absolute Gasteiger partial charge is 0.123 e. The molecule has 0 aliphatic rings. The van der Waals surface area contributed by atoms with Gasteiger partial charge in [0, 0.05) is 0 Å². The Balaban J connectivity index is 2.56. The summed E-state index contributed by atoms with van der Waals surface area (Å²) in [5, 5.41) is 11.0. The first kappa shape index (κ1) is 13.8. The van der Waals surface area contributed by atoms with Gasteiger partial charge in [-0.25, -0.2) is 4.39 Å². The van der Waals surface area contributed by atoms with Crippen molar-refractivity contribution in [2.45, 2.75) is 32.3 Å². The van der Waals surface area contributed by atoms with Gasteiger partial charge in [-0.05, 0) is 42.2 Å². The maximum absolute atomic E-state index is 13.6. The molecule has 0 aliphatic heterocycles. The molecule has 0 fully saturated rings. The summed E-state index contributed by atoms with van der Waals surface area (Å²) >= 11 is 0. The fraction of sp³-hybridized carbons (Fsp3) is 0.294. The second-order valence-electron chi connectivity index (χ2n) is 4.99. The molecular weight excluding hydrogens is 239 g/mol. The standard InChI is InChI=1S/C17H19FO/c1-3-9-17(19,14-7-5-4-6-8-14)15-10-13(2)11-16(18)12-15/h4-8,10-12,19H,3,9H2,1-2H3. The molecule has 0 amide bonds. The summed E-state index contributed by atoms with van der Waals surface area (Å²) in [6, 6.07) is 14.2. The highest BCUT2D eigenvalue weighted by atomic mass is 19.1. The van der Waals surface area contributed by atoms with Gasteiger partial charge in [-0.1, -0.05) is 49.7 Å². The van der Waals surface area contributed by atoms with Gasteiger partial charge in [-0.2, -0.15) is 0 Å². The van der Waals surface area contributed by atoms with Crippen LogP contribution in [-0.4, -0.2) is 5.11 Å². The molecule has 0 aliphatic carbocycles. The molecule has 1 nitrogen and oxygen atoms in total. The van der Waals surface area contributed by atoms with Crippen LogP contribution in [0.3, 0.4) is 0 Å². The molecule has 1 N–H and O–H groups in total. The molecule has 0 saturated heterocycles. The first-order chi connectivity index (χ1) is 9.06. The minimum Gasteiger partial charge on any atom is -0.380 e. The summed E-state index contributed by atoms with van der Waals surface area (Å²) in [4.78, 5) is 0. The molecule has 2 aromatic carbocycles. The maximum atomic E-state index is 13.6. The normalized spacial score (nSPS) is 14.1. The lowest BCUT2D eigenvalue weighted by Crippen LogP contribution is -2.27. The SMILES string of the molecule is CCCC(O)(c1ccccc1)c1cc(C)cc(F)c1. The van der Waals surface area contributed by atoms with Gasteiger partial charge < -0.3 is 5.11 Å². The molecule has 0 heterocycles. The Morgan fingerprint density at radius 3 is 2.32 bits per heavy atom. The van der Waals surface area contributed by atoms with E-state index in [4.69, 9.17) is 0 Å². The Morgan fingerprint density at radius 1 is 1.05 bits per heavy atom. The highest BCUT2D eigenvalue weighted by Crippen LogP contribution is 2.34. The van der Waals surface area contributed by atoms with Gasteiger partial charge in [-0.15, -0.1) is 0 Å². The highest BCUT2D eigenvalue weighted by molar-refractivity contribution is 5.38. The number of benzene rings is 2. The predicted octanol–water partition coefficient (Wildman–Crippen LogP) is 4.17. The van der Waals surface area contributed by atoms with Crippen LogP contribution in [0.5, 0.6) is 0 Å². The van der Waals surface area contributed by atoms with Crippen LogP contribution in [-0.2, 0) is 5.60 Å². The van der Waals surface area contributed by atoms with Crippen molar-refractivity contribution in [1.82, 2.24) is 0 Å². The number of aliphatic hydroxyl groups is 1. The van der Waals surface area contributed by atoms with Crippen molar-refractivity contribution < 1.29 is 9.50 Å². The molecule has 0 saturated carbocycles. The Labute approximate surface area is 113 Å². The van der Waals surface area contributed by atoms with Gasteiger partial charge in [0.15, 0.2) is 0 Å². The van der Waals surface area contributed by atoms with Gasteiger partial charge in [0.1, 0.15) is 11.4 Å². The molecule has 2 aromatic rings. The number of hydrogen-bond donors (Lipinski definition) is 1. The van der Waals surface area contributed by atoms with Crippen molar-refractivity contribution in [2.24, 2.45) is 0 Å². The van der Waals surface area contributed by atoms with E-state index in [0.717, 1.165) is 17.5 Å². The number of halogens is 1. The Hall–Kier alpha value is -1.67. The zero-order valence-corrected chi connectivity index (χ0v) is 11.4. The molecule has 2 heteroatoms. The fourth-order valence-electron chi connectivity index (χ4n) is 2.51. The second-order valence-corrected chi connectivity index (χ2v) is 4.99. The molecule has 0 bridgehead atoms. The summed E-state index contributed by atoms with van der Waals surface area (Å²) in [6.07, 6.45) is 1.39. The third-order valence-corrected chi connectivity index (χ3v) is 3.38. The van der Waals surface area contributed by atoms with E-state index in [2.05, 4.69) is 0 Å². The zero-order valence-electron chi connectivity index (χ0n) is 11.4. The molecule has 1 unspecified atom stereocenters. The molecule has 1 atom stereocenters. The van der Waals surface area contributed by atoms with Crippen LogP contribution in [0.15, 0.2) is 48.5 Å². The van der Waals surface area contributed by atoms with E-state index in [1.165, 1.54) is 12.1 Å². The van der Waals surface area contributed by atoms with E-state index in [9.17, 15) is 9.50 Å². The molecule has 2 rings (SSSR count). The van der Waals surface area contributed by atoms with Crippen LogP contribution in [0, 0.1) is 12.7 Å². The van der Waals surface area contributed by atoms with Gasteiger partial charge in [0.05, 0.1) is 0 Å². The van der Waals surface area contributed by atoms with Crippen molar-refractivity contribution in [3.05, 3.63) is 71.0 Å². The molecule has 100 valence electrons. The maximum Gasteiger partial charge on any atom is 0.123 e. The van der Waals surface area contributed by atoms with Crippen molar-refractivity contribution in [3.8, 4) is 0 Å². The monoisotopic (exact) mass is 258 g/mol. The van der Waals surface area contributed by atoms with Crippen molar-refractivity contribution in [2.75, 3.05) is 0 Å². The Morgan fingerprint density at radius 2 is 1.74 bits per heavy atom. The third-order valence-electron chi connectivity index (χ3n) is 3.38. The largest absolute Gasteiger partial charge is 0.380 e. The summed E-state index contributed by atoms with van der Waals surface area (Å²) in [5.74, 6) is -0.305. The van der Waals surface area contributed by atoms with E-state index >= 15 is 0 Å². The van der Waals surface area contributed by atoms with Gasteiger partial charge in [0.2, 0.25) is 0 Å². The lowest BCUT2D eigenvalue weighted by atomic mass is 9.82. The summed E-state index contributed by atoms with van der Waals surface area (Å²) < 4.78 is 13.6. The number of hydrogen-bond acceptors (Lipinski definition) is 1. The molecule has 19 heavy (non-hydrogen) atoms. The topological polar surface area (TPSA) is 20.2 Å². The van der Waals surface area contributed by atoms with Crippen LogP contribution >= 0.6 is 0 Å². The van der Waals surface area contributed by atoms with Crippen molar-refractivity contribution in [1.29, 1.82) is 0 Å². The Bertz CT molecular complexity index is 530. The quantitative estimate of drug-likeness (QED) is 0.872. The van der Waals surface area contributed by atoms with Crippen molar-refractivity contribution >= 4 is 0 Å². The molecule has 0 aromatic heterocycles. The third kappa shape index (κ3) is 2.85. The molecule has 0 radical (unpaired) electrons. The van der Waals surface area contributed by atoms with Crippen LogP contribution in [0.1, 0.15) is 36.5 Å². The van der Waals surface area contributed by atoms with Crippen LogP contribution in [0.25, 0.3) is 0 Å². The zero-order chi connectivity index (χ0) is 13.9. The summed E-state index contributed by atoms with van der Waals surface area (Å²) in [6.45, 7) is 3.85. The van der Waals surface area contributed by atoms with Crippen LogP contribution in [0.4, 0.5) is 4.39 Å². The van der Waals surface area contributed by atoms with Crippen molar-refractivity contribution in [3.63, 3.8) is 0 Å². The average Bonchev–Trinajstić information content (AvgIpc) is 2.39.